The standard InChI is InChI=1S/C20H23BrN2O2/c1-4-11-25-17-8-6-16(7-9-17)13-23(3)14-20(24)22-19-10-5-15(2)12-18(19)21/h4-10,12H,1,11,13-14H2,2-3H3,(H,22,24)/p+1. The van der Waals surface area contributed by atoms with Crippen LogP contribution in [-0.4, -0.2) is 26.1 Å². The van der Waals surface area contributed by atoms with Crippen LogP contribution in [-0.2, 0) is 11.3 Å². The Morgan fingerprint density at radius 3 is 2.64 bits per heavy atom. The van der Waals surface area contributed by atoms with Crippen LogP contribution in [0.3, 0.4) is 0 Å². The number of anilines is 1. The third kappa shape index (κ3) is 6.36. The molecule has 0 heterocycles. The minimum atomic E-state index is -0.00649. The Balaban J connectivity index is 1.85. The van der Waals surface area contributed by atoms with Crippen LogP contribution in [0.25, 0.3) is 0 Å². The summed E-state index contributed by atoms with van der Waals surface area (Å²) in [5, 5.41) is 2.95. The average Bonchev–Trinajstić information content (AvgIpc) is 2.56. The number of carbonyl (C=O) groups excluding carboxylic acids is 1. The number of benzene rings is 2. The van der Waals surface area contributed by atoms with Crippen molar-refractivity contribution in [3.8, 4) is 5.75 Å². The molecule has 0 fully saturated rings. The monoisotopic (exact) mass is 403 g/mol. The highest BCUT2D eigenvalue weighted by molar-refractivity contribution is 9.10. The topological polar surface area (TPSA) is 42.8 Å². The van der Waals surface area contributed by atoms with E-state index in [9.17, 15) is 4.79 Å². The summed E-state index contributed by atoms with van der Waals surface area (Å²) >= 11 is 3.48. The summed E-state index contributed by atoms with van der Waals surface area (Å²) in [4.78, 5) is 13.4. The van der Waals surface area contributed by atoms with Crippen LogP contribution in [0, 0.1) is 6.92 Å². The number of quaternary nitrogens is 1. The van der Waals surface area contributed by atoms with E-state index in [-0.39, 0.29) is 5.91 Å². The summed E-state index contributed by atoms with van der Waals surface area (Å²) in [6, 6.07) is 13.8. The van der Waals surface area contributed by atoms with Crippen LogP contribution in [0.15, 0.2) is 59.6 Å². The van der Waals surface area contributed by atoms with Crippen LogP contribution < -0.4 is 15.0 Å². The highest BCUT2D eigenvalue weighted by atomic mass is 79.9. The quantitative estimate of drug-likeness (QED) is 0.665. The van der Waals surface area contributed by atoms with Gasteiger partial charge in [-0.15, -0.1) is 0 Å². The molecule has 0 saturated carbocycles. The first-order valence-electron chi connectivity index (χ1n) is 8.18. The Morgan fingerprint density at radius 2 is 2.00 bits per heavy atom. The van der Waals surface area contributed by atoms with Crippen LogP contribution >= 0.6 is 15.9 Å². The molecule has 2 rings (SSSR count). The number of hydrogen-bond acceptors (Lipinski definition) is 2. The van der Waals surface area contributed by atoms with Crippen molar-refractivity contribution in [2.75, 3.05) is 25.5 Å². The third-order valence-electron chi connectivity index (χ3n) is 3.66. The van der Waals surface area contributed by atoms with E-state index in [0.717, 1.165) is 38.5 Å². The van der Waals surface area contributed by atoms with Gasteiger partial charge in [0.25, 0.3) is 5.91 Å². The molecule has 132 valence electrons. The van der Waals surface area contributed by atoms with E-state index in [4.69, 9.17) is 4.74 Å². The fourth-order valence-corrected chi connectivity index (χ4v) is 3.05. The van der Waals surface area contributed by atoms with Crippen molar-refractivity contribution < 1.29 is 14.4 Å². The van der Waals surface area contributed by atoms with Gasteiger partial charge in [-0.25, -0.2) is 0 Å². The summed E-state index contributed by atoms with van der Waals surface area (Å²) < 4.78 is 6.37. The summed E-state index contributed by atoms with van der Waals surface area (Å²) in [6.07, 6.45) is 1.72. The van der Waals surface area contributed by atoms with Crippen molar-refractivity contribution in [1.29, 1.82) is 0 Å². The molecule has 25 heavy (non-hydrogen) atoms. The van der Waals surface area contributed by atoms with Crippen LogP contribution in [0.5, 0.6) is 5.75 Å². The second-order valence-corrected chi connectivity index (χ2v) is 6.94. The maximum absolute atomic E-state index is 12.2. The Kier molecular flexibility index (Phi) is 7.22. The van der Waals surface area contributed by atoms with Gasteiger partial charge in [-0.3, -0.25) is 4.79 Å². The number of halogens is 1. The first-order chi connectivity index (χ1) is 12.0. The number of nitrogens with one attached hydrogen (secondary N) is 2. The van der Waals surface area contributed by atoms with E-state index >= 15 is 0 Å². The lowest BCUT2D eigenvalue weighted by atomic mass is 10.2. The first-order valence-corrected chi connectivity index (χ1v) is 8.97. The molecule has 0 aliphatic carbocycles. The fourth-order valence-electron chi connectivity index (χ4n) is 2.46. The van der Waals surface area contributed by atoms with Gasteiger partial charge in [0.2, 0.25) is 0 Å². The summed E-state index contributed by atoms with van der Waals surface area (Å²) in [7, 11) is 2.01. The molecule has 5 heteroatoms. The van der Waals surface area contributed by atoms with Gasteiger partial charge in [-0.2, -0.15) is 0 Å². The highest BCUT2D eigenvalue weighted by Gasteiger charge is 2.12. The predicted octanol–water partition coefficient (Wildman–Crippen LogP) is 2.98. The van der Waals surface area contributed by atoms with Gasteiger partial charge in [-0.05, 0) is 64.8 Å². The molecule has 2 aromatic rings. The van der Waals surface area contributed by atoms with Gasteiger partial charge >= 0.3 is 0 Å². The number of likely N-dealkylation sites (N-methyl/N-ethyl adjacent to an activating group) is 1. The molecule has 0 radical (unpaired) electrons. The number of hydrogen-bond donors (Lipinski definition) is 2. The number of amides is 1. The lowest BCUT2D eigenvalue weighted by Crippen LogP contribution is -3.08. The van der Waals surface area contributed by atoms with Gasteiger partial charge in [0.15, 0.2) is 6.54 Å². The fraction of sp³-hybridized carbons (Fsp3) is 0.250. The Morgan fingerprint density at radius 1 is 1.28 bits per heavy atom. The molecule has 1 unspecified atom stereocenters. The lowest BCUT2D eigenvalue weighted by Gasteiger charge is -2.15. The van der Waals surface area contributed by atoms with E-state index < -0.39 is 0 Å². The minimum absolute atomic E-state index is 0.00649. The average molecular weight is 404 g/mol. The maximum Gasteiger partial charge on any atom is 0.279 e. The zero-order valence-corrected chi connectivity index (χ0v) is 16.2. The predicted molar refractivity (Wildman–Crippen MR) is 105 cm³/mol. The molecule has 2 aromatic carbocycles. The molecular formula is C20H24BrN2O2+. The zero-order chi connectivity index (χ0) is 18.2. The van der Waals surface area contributed by atoms with Crippen molar-refractivity contribution in [3.63, 3.8) is 0 Å². The van der Waals surface area contributed by atoms with Gasteiger partial charge in [0.05, 0.1) is 12.7 Å². The molecule has 0 spiro atoms. The second kappa shape index (κ2) is 9.39. The van der Waals surface area contributed by atoms with E-state index in [1.165, 1.54) is 0 Å². The van der Waals surface area contributed by atoms with E-state index in [2.05, 4.69) is 27.8 Å². The van der Waals surface area contributed by atoms with Gasteiger partial charge in [-0.1, -0.05) is 18.7 Å². The van der Waals surface area contributed by atoms with Crippen molar-refractivity contribution >= 4 is 27.5 Å². The van der Waals surface area contributed by atoms with Crippen molar-refractivity contribution in [2.45, 2.75) is 13.5 Å². The molecule has 1 amide bonds. The van der Waals surface area contributed by atoms with Gasteiger partial charge in [0.1, 0.15) is 18.9 Å². The SMILES string of the molecule is C=CCOc1ccc(C[NH+](C)CC(=O)Nc2ccc(C)cc2Br)cc1. The zero-order valence-electron chi connectivity index (χ0n) is 14.6. The lowest BCUT2D eigenvalue weighted by molar-refractivity contribution is -0.885. The number of aryl methyl sites for hydroxylation is 1. The summed E-state index contributed by atoms with van der Waals surface area (Å²) in [6.45, 7) is 7.31. The second-order valence-electron chi connectivity index (χ2n) is 6.09. The van der Waals surface area contributed by atoms with Crippen molar-refractivity contribution in [2.24, 2.45) is 0 Å². The Bertz CT molecular complexity index is 729. The summed E-state index contributed by atoms with van der Waals surface area (Å²) in [5.41, 5.74) is 3.10. The van der Waals surface area contributed by atoms with Gasteiger partial charge in [0, 0.05) is 10.0 Å². The Hall–Kier alpha value is -2.11. The minimum Gasteiger partial charge on any atom is -0.490 e. The van der Waals surface area contributed by atoms with Crippen LogP contribution in [0.1, 0.15) is 11.1 Å². The largest absolute Gasteiger partial charge is 0.490 e. The third-order valence-corrected chi connectivity index (χ3v) is 4.31. The number of ether oxygens (including phenoxy) is 1. The smallest absolute Gasteiger partial charge is 0.279 e. The van der Waals surface area contributed by atoms with Crippen LogP contribution in [0.2, 0.25) is 0 Å². The van der Waals surface area contributed by atoms with Crippen LogP contribution in [0.4, 0.5) is 5.69 Å². The first kappa shape index (κ1) is 19.2. The van der Waals surface area contributed by atoms with Crippen molar-refractivity contribution in [3.05, 3.63) is 70.7 Å². The van der Waals surface area contributed by atoms with E-state index in [1.807, 2.05) is 56.4 Å². The number of carbonyl (C=O) groups is 1. The molecule has 2 N–H and O–H groups in total. The highest BCUT2D eigenvalue weighted by Crippen LogP contribution is 2.23. The molecule has 0 bridgehead atoms. The molecule has 0 aliphatic rings. The molecule has 4 nitrogen and oxygen atoms in total. The molecule has 0 aliphatic heterocycles. The number of rotatable bonds is 8. The normalized spacial score (nSPS) is 11.6. The maximum atomic E-state index is 12.2. The van der Waals surface area contributed by atoms with Gasteiger partial charge < -0.3 is 15.0 Å². The molecular weight excluding hydrogens is 380 g/mol. The Labute approximate surface area is 157 Å². The molecule has 1 atom stereocenters. The summed E-state index contributed by atoms with van der Waals surface area (Å²) in [5.74, 6) is 0.816. The van der Waals surface area contributed by atoms with E-state index in [1.54, 1.807) is 6.08 Å². The molecule has 0 aromatic heterocycles. The van der Waals surface area contributed by atoms with E-state index in [0.29, 0.717) is 13.2 Å². The van der Waals surface area contributed by atoms with Crippen molar-refractivity contribution in [1.82, 2.24) is 0 Å². The molecule has 0 saturated heterocycles.